The molecule has 0 saturated carbocycles. The van der Waals surface area contributed by atoms with Gasteiger partial charge in [0.2, 0.25) is 0 Å². The summed E-state index contributed by atoms with van der Waals surface area (Å²) in [4.78, 5) is 2.73. The molecule has 3 heteroatoms. The Bertz CT molecular complexity index is 292. The fourth-order valence-electron chi connectivity index (χ4n) is 1.83. The van der Waals surface area contributed by atoms with Crippen LogP contribution in [0.25, 0.3) is 0 Å². The van der Waals surface area contributed by atoms with Gasteiger partial charge in [-0.25, -0.2) is 0 Å². The van der Waals surface area contributed by atoms with Gasteiger partial charge in [0.1, 0.15) is 0 Å². The van der Waals surface area contributed by atoms with E-state index in [4.69, 9.17) is 5.73 Å². The molecule has 2 nitrogen and oxygen atoms in total. The van der Waals surface area contributed by atoms with Gasteiger partial charge in [0.25, 0.3) is 0 Å². The van der Waals surface area contributed by atoms with Crippen LogP contribution in [0.2, 0.25) is 0 Å². The van der Waals surface area contributed by atoms with Crippen molar-refractivity contribution < 1.29 is 0 Å². The molecule has 0 bridgehead atoms. The molecule has 1 heterocycles. The monoisotopic (exact) mass is 240 g/mol. The lowest BCUT2D eigenvalue weighted by atomic mass is 10.0. The molecule has 0 fully saturated rings. The summed E-state index contributed by atoms with van der Waals surface area (Å²) in [6, 6.07) is 4.69. The number of hydrogen-bond donors (Lipinski definition) is 2. The number of rotatable bonds is 7. The molecule has 0 aliphatic carbocycles. The van der Waals surface area contributed by atoms with Crippen LogP contribution in [0.5, 0.6) is 0 Å². The summed E-state index contributed by atoms with van der Waals surface area (Å²) >= 11 is 1.84. The number of thiophene rings is 1. The number of nitrogens with two attached hydrogens (primary N) is 1. The van der Waals surface area contributed by atoms with E-state index in [1.54, 1.807) is 0 Å². The lowest BCUT2D eigenvalue weighted by Crippen LogP contribution is -2.31. The summed E-state index contributed by atoms with van der Waals surface area (Å²) < 4.78 is 0. The summed E-state index contributed by atoms with van der Waals surface area (Å²) in [5.74, 6) is 0.773. The van der Waals surface area contributed by atoms with E-state index in [1.165, 1.54) is 22.6 Å². The van der Waals surface area contributed by atoms with Crippen LogP contribution < -0.4 is 11.1 Å². The van der Waals surface area contributed by atoms with Crippen LogP contribution in [0.15, 0.2) is 12.1 Å². The van der Waals surface area contributed by atoms with E-state index in [0.717, 1.165) is 12.5 Å². The van der Waals surface area contributed by atoms with Crippen LogP contribution in [0.1, 0.15) is 42.5 Å². The van der Waals surface area contributed by atoms with E-state index < -0.39 is 0 Å². The van der Waals surface area contributed by atoms with Crippen molar-refractivity contribution in [1.82, 2.24) is 5.32 Å². The first kappa shape index (κ1) is 13.7. The zero-order valence-corrected chi connectivity index (χ0v) is 11.4. The minimum atomic E-state index is 0.333. The van der Waals surface area contributed by atoms with Crippen molar-refractivity contribution in [1.29, 1.82) is 0 Å². The predicted molar refractivity (Wildman–Crippen MR) is 72.9 cm³/mol. The number of aryl methyl sites for hydroxylation is 1. The summed E-state index contributed by atoms with van der Waals surface area (Å²) in [6.07, 6.45) is 2.48. The molecule has 1 atom stereocenters. The molecule has 92 valence electrons. The molecule has 1 aromatic rings. The van der Waals surface area contributed by atoms with Crippen molar-refractivity contribution in [2.24, 2.45) is 11.7 Å². The Morgan fingerprint density at radius 2 is 2.00 bits per heavy atom. The van der Waals surface area contributed by atoms with Crippen LogP contribution in [0.4, 0.5) is 0 Å². The molecular weight excluding hydrogens is 216 g/mol. The Morgan fingerprint density at radius 3 is 2.44 bits per heavy atom. The molecule has 0 aromatic carbocycles. The first-order chi connectivity index (χ1) is 7.71. The summed E-state index contributed by atoms with van der Waals surface area (Å²) in [5, 5.41) is 3.59. The Morgan fingerprint density at radius 1 is 1.31 bits per heavy atom. The van der Waals surface area contributed by atoms with Gasteiger partial charge >= 0.3 is 0 Å². The van der Waals surface area contributed by atoms with Crippen molar-refractivity contribution >= 4 is 11.3 Å². The second-order valence-electron chi connectivity index (χ2n) is 4.33. The largest absolute Gasteiger partial charge is 0.329 e. The van der Waals surface area contributed by atoms with E-state index in [-0.39, 0.29) is 0 Å². The molecule has 1 aromatic heterocycles. The third kappa shape index (κ3) is 3.89. The topological polar surface area (TPSA) is 38.0 Å². The lowest BCUT2D eigenvalue weighted by Gasteiger charge is -2.19. The minimum absolute atomic E-state index is 0.333. The summed E-state index contributed by atoms with van der Waals surface area (Å²) in [5.41, 5.74) is 5.83. The van der Waals surface area contributed by atoms with Gasteiger partial charge < -0.3 is 11.1 Å². The summed E-state index contributed by atoms with van der Waals surface area (Å²) in [6.45, 7) is 8.40. The zero-order valence-electron chi connectivity index (χ0n) is 10.6. The summed E-state index contributed by atoms with van der Waals surface area (Å²) in [7, 11) is 0. The molecule has 3 N–H and O–H groups in total. The maximum atomic E-state index is 5.83. The van der Waals surface area contributed by atoms with Crippen molar-refractivity contribution in [3.05, 3.63) is 21.9 Å². The maximum absolute atomic E-state index is 5.83. The highest BCUT2D eigenvalue weighted by molar-refractivity contribution is 7.12. The quantitative estimate of drug-likeness (QED) is 0.768. The Hall–Kier alpha value is -0.380. The van der Waals surface area contributed by atoms with E-state index in [2.05, 4.69) is 38.2 Å². The second kappa shape index (κ2) is 7.05. The smallest absolute Gasteiger partial charge is 0.0539 e. The highest BCUT2D eigenvalue weighted by Crippen LogP contribution is 2.22. The van der Waals surface area contributed by atoms with Gasteiger partial charge in [-0.05, 0) is 31.5 Å². The third-order valence-electron chi connectivity index (χ3n) is 3.15. The maximum Gasteiger partial charge on any atom is 0.0539 e. The average Bonchev–Trinajstić information content (AvgIpc) is 2.71. The van der Waals surface area contributed by atoms with Gasteiger partial charge in [-0.1, -0.05) is 26.7 Å². The lowest BCUT2D eigenvalue weighted by molar-refractivity contribution is 0.416. The van der Waals surface area contributed by atoms with E-state index in [0.29, 0.717) is 12.6 Å². The van der Waals surface area contributed by atoms with Gasteiger partial charge in [-0.3, -0.25) is 0 Å². The van der Waals surface area contributed by atoms with E-state index >= 15 is 0 Å². The van der Waals surface area contributed by atoms with Crippen molar-refractivity contribution in [3.8, 4) is 0 Å². The van der Waals surface area contributed by atoms with Crippen LogP contribution in [0, 0.1) is 12.8 Å². The fraction of sp³-hybridized carbons (Fsp3) is 0.692. The highest BCUT2D eigenvalue weighted by Gasteiger charge is 2.12. The van der Waals surface area contributed by atoms with Crippen molar-refractivity contribution in [2.45, 2.75) is 39.7 Å². The van der Waals surface area contributed by atoms with Gasteiger partial charge in [-0.2, -0.15) is 0 Å². The fourth-order valence-corrected chi connectivity index (χ4v) is 2.79. The minimum Gasteiger partial charge on any atom is -0.329 e. The molecule has 16 heavy (non-hydrogen) atoms. The predicted octanol–water partition coefficient (Wildman–Crippen LogP) is 3.08. The molecule has 0 aliphatic rings. The standard InChI is InChI=1S/C13H24N2S/c1-4-11(5-2)9-15-12(8-14)13-7-6-10(3)16-13/h6-7,11-12,15H,4-5,8-9,14H2,1-3H3. The van der Waals surface area contributed by atoms with Crippen LogP contribution >= 0.6 is 11.3 Å². The van der Waals surface area contributed by atoms with Gasteiger partial charge in [-0.15, -0.1) is 11.3 Å². The molecule has 1 unspecified atom stereocenters. The molecule has 0 amide bonds. The first-order valence-electron chi connectivity index (χ1n) is 6.21. The molecule has 0 spiro atoms. The molecule has 0 saturated heterocycles. The molecular formula is C13H24N2S. The molecule has 1 rings (SSSR count). The van der Waals surface area contributed by atoms with Gasteiger partial charge in [0, 0.05) is 16.3 Å². The van der Waals surface area contributed by atoms with Crippen molar-refractivity contribution in [2.75, 3.05) is 13.1 Å². The van der Waals surface area contributed by atoms with Gasteiger partial charge in [0.05, 0.1) is 6.04 Å². The first-order valence-corrected chi connectivity index (χ1v) is 7.02. The molecule has 0 aliphatic heterocycles. The van der Waals surface area contributed by atoms with Gasteiger partial charge in [0.15, 0.2) is 0 Å². The number of nitrogens with one attached hydrogen (secondary N) is 1. The average molecular weight is 240 g/mol. The zero-order chi connectivity index (χ0) is 12.0. The van der Waals surface area contributed by atoms with Crippen LogP contribution in [0.3, 0.4) is 0 Å². The Balaban J connectivity index is 2.49. The van der Waals surface area contributed by atoms with E-state index in [1.807, 2.05) is 11.3 Å². The van der Waals surface area contributed by atoms with Crippen LogP contribution in [-0.4, -0.2) is 13.1 Å². The normalized spacial score (nSPS) is 13.3. The Labute approximate surface area is 103 Å². The second-order valence-corrected chi connectivity index (χ2v) is 5.65. The van der Waals surface area contributed by atoms with Crippen LogP contribution in [-0.2, 0) is 0 Å². The Kier molecular flexibility index (Phi) is 6.03. The van der Waals surface area contributed by atoms with E-state index in [9.17, 15) is 0 Å². The highest BCUT2D eigenvalue weighted by atomic mass is 32.1. The SMILES string of the molecule is CCC(CC)CNC(CN)c1ccc(C)s1. The third-order valence-corrected chi connectivity index (χ3v) is 4.26. The number of hydrogen-bond acceptors (Lipinski definition) is 3. The van der Waals surface area contributed by atoms with Crippen molar-refractivity contribution in [3.63, 3.8) is 0 Å². The molecule has 0 radical (unpaired) electrons.